The van der Waals surface area contributed by atoms with E-state index in [2.05, 4.69) is 0 Å². The minimum Gasteiger partial charge on any atom is -0.385 e. The second kappa shape index (κ2) is 7.30. The standard InChI is InChI=1S/C22H27N3O4/c1-23-18(14-19(26)24(2)21(23)28)20(27)25-13-12-22(29,15-8-4-3-5-9-15)16-10-6-7-11-17(16)25/h3-5,8-9,14,16-17,29H,6-7,10-13H2,1-2H3/t16-,17+,22+/m0/s1. The van der Waals surface area contributed by atoms with E-state index in [-0.39, 0.29) is 23.6 Å². The minimum absolute atomic E-state index is 0.0695. The van der Waals surface area contributed by atoms with E-state index in [0.29, 0.717) is 13.0 Å². The van der Waals surface area contributed by atoms with Crippen LogP contribution in [0.1, 0.15) is 48.2 Å². The van der Waals surface area contributed by atoms with Crippen molar-refractivity contribution in [1.29, 1.82) is 0 Å². The topological polar surface area (TPSA) is 84.5 Å². The van der Waals surface area contributed by atoms with Crippen molar-refractivity contribution in [3.05, 3.63) is 68.5 Å². The normalized spacial score (nSPS) is 26.8. The molecule has 0 spiro atoms. The van der Waals surface area contributed by atoms with Crippen molar-refractivity contribution in [2.24, 2.45) is 20.0 Å². The van der Waals surface area contributed by atoms with Gasteiger partial charge in [-0.3, -0.25) is 18.7 Å². The third-order valence-corrected chi connectivity index (χ3v) is 6.76. The number of benzene rings is 1. The minimum atomic E-state index is -0.970. The van der Waals surface area contributed by atoms with Gasteiger partial charge in [-0.25, -0.2) is 4.79 Å². The number of fused-ring (bicyclic) bond motifs is 1. The number of rotatable bonds is 2. The average Bonchev–Trinajstić information content (AvgIpc) is 2.75. The molecule has 0 bridgehead atoms. The summed E-state index contributed by atoms with van der Waals surface area (Å²) < 4.78 is 2.23. The van der Waals surface area contributed by atoms with Gasteiger partial charge in [0.25, 0.3) is 11.5 Å². The number of hydrogen-bond acceptors (Lipinski definition) is 4. The first-order valence-corrected chi connectivity index (χ1v) is 10.2. The van der Waals surface area contributed by atoms with Crippen LogP contribution in [0.2, 0.25) is 0 Å². The molecule has 1 aromatic carbocycles. The van der Waals surface area contributed by atoms with Crippen LogP contribution in [0.4, 0.5) is 0 Å². The maximum atomic E-state index is 13.4. The summed E-state index contributed by atoms with van der Waals surface area (Å²) in [6, 6.07) is 10.8. The number of amides is 1. The number of likely N-dealkylation sites (tertiary alicyclic amines) is 1. The second-order valence-corrected chi connectivity index (χ2v) is 8.27. The van der Waals surface area contributed by atoms with Crippen LogP contribution in [0.25, 0.3) is 0 Å². The van der Waals surface area contributed by atoms with E-state index in [4.69, 9.17) is 0 Å². The molecule has 29 heavy (non-hydrogen) atoms. The highest BCUT2D eigenvalue weighted by Gasteiger charge is 2.50. The monoisotopic (exact) mass is 397 g/mol. The lowest BCUT2D eigenvalue weighted by atomic mass is 9.66. The Hall–Kier alpha value is -2.67. The third kappa shape index (κ3) is 3.13. The van der Waals surface area contributed by atoms with Crippen LogP contribution >= 0.6 is 0 Å². The molecule has 2 fully saturated rings. The van der Waals surface area contributed by atoms with Gasteiger partial charge in [0.2, 0.25) is 0 Å². The van der Waals surface area contributed by atoms with Crippen LogP contribution in [0, 0.1) is 5.92 Å². The molecule has 1 aliphatic heterocycles. The van der Waals surface area contributed by atoms with Crippen LogP contribution in [-0.4, -0.2) is 37.6 Å². The summed E-state index contributed by atoms with van der Waals surface area (Å²) in [7, 11) is 2.91. The maximum absolute atomic E-state index is 13.4. The number of aromatic nitrogens is 2. The molecule has 3 atom stereocenters. The van der Waals surface area contributed by atoms with Gasteiger partial charge in [-0.2, -0.15) is 0 Å². The number of hydrogen-bond donors (Lipinski definition) is 1. The van der Waals surface area contributed by atoms with Gasteiger partial charge in [-0.15, -0.1) is 0 Å². The van der Waals surface area contributed by atoms with E-state index in [9.17, 15) is 19.5 Å². The number of nitrogens with zero attached hydrogens (tertiary/aromatic N) is 3. The number of piperidine rings is 1. The molecule has 0 unspecified atom stereocenters. The Labute approximate surface area is 169 Å². The lowest BCUT2D eigenvalue weighted by Gasteiger charge is -2.52. The molecule has 154 valence electrons. The van der Waals surface area contributed by atoms with Crippen molar-refractivity contribution in [2.45, 2.75) is 43.7 Å². The average molecular weight is 397 g/mol. The Balaban J connectivity index is 1.72. The molecule has 1 aromatic heterocycles. The number of carbonyl (C=O) groups is 1. The summed E-state index contributed by atoms with van der Waals surface area (Å²) in [5, 5.41) is 11.6. The first-order valence-electron chi connectivity index (χ1n) is 10.2. The Morgan fingerprint density at radius 1 is 1.07 bits per heavy atom. The molecule has 2 heterocycles. The summed E-state index contributed by atoms with van der Waals surface area (Å²) >= 11 is 0. The lowest BCUT2D eigenvalue weighted by Crippen LogP contribution is -2.59. The summed E-state index contributed by atoms with van der Waals surface area (Å²) in [4.78, 5) is 39.5. The molecule has 1 N–H and O–H groups in total. The van der Waals surface area contributed by atoms with Crippen LogP contribution in [0.3, 0.4) is 0 Å². The zero-order chi connectivity index (χ0) is 20.8. The SMILES string of the molecule is Cn1c(C(=O)N2CC[C@@](O)(c3ccccc3)[C@H]3CCCC[C@H]32)cc(=O)n(C)c1=O. The first kappa shape index (κ1) is 19.6. The van der Waals surface area contributed by atoms with E-state index < -0.39 is 16.9 Å². The van der Waals surface area contributed by atoms with Gasteiger partial charge in [0.15, 0.2) is 0 Å². The second-order valence-electron chi connectivity index (χ2n) is 8.27. The predicted octanol–water partition coefficient (Wildman–Crippen LogP) is 1.38. The van der Waals surface area contributed by atoms with Gasteiger partial charge < -0.3 is 10.0 Å². The largest absolute Gasteiger partial charge is 0.385 e. The van der Waals surface area contributed by atoms with E-state index in [1.165, 1.54) is 24.7 Å². The van der Waals surface area contributed by atoms with E-state index in [1.807, 2.05) is 30.3 Å². The van der Waals surface area contributed by atoms with E-state index in [1.54, 1.807) is 4.90 Å². The highest BCUT2D eigenvalue weighted by Crippen LogP contribution is 2.47. The van der Waals surface area contributed by atoms with Gasteiger partial charge >= 0.3 is 5.69 Å². The van der Waals surface area contributed by atoms with Crippen LogP contribution in [0.15, 0.2) is 46.0 Å². The third-order valence-electron chi connectivity index (χ3n) is 6.76. The zero-order valence-corrected chi connectivity index (χ0v) is 16.9. The molecular formula is C22H27N3O4. The van der Waals surface area contributed by atoms with Gasteiger partial charge in [-0.05, 0) is 24.8 Å². The van der Waals surface area contributed by atoms with E-state index >= 15 is 0 Å². The molecule has 1 saturated heterocycles. The molecule has 2 aliphatic rings. The summed E-state index contributed by atoms with van der Waals surface area (Å²) in [6.07, 6.45) is 4.09. The zero-order valence-electron chi connectivity index (χ0n) is 16.9. The fourth-order valence-corrected chi connectivity index (χ4v) is 5.11. The highest BCUT2D eigenvalue weighted by molar-refractivity contribution is 5.92. The van der Waals surface area contributed by atoms with Crippen molar-refractivity contribution >= 4 is 5.91 Å². The number of aliphatic hydroxyl groups is 1. The smallest absolute Gasteiger partial charge is 0.331 e. The van der Waals surface area contributed by atoms with Gasteiger partial charge in [0, 0.05) is 38.7 Å². The van der Waals surface area contributed by atoms with Crippen molar-refractivity contribution in [3.63, 3.8) is 0 Å². The molecule has 4 rings (SSSR count). The Morgan fingerprint density at radius 3 is 2.48 bits per heavy atom. The lowest BCUT2D eigenvalue weighted by molar-refractivity contribution is -0.110. The Bertz CT molecular complexity index is 1040. The molecule has 7 nitrogen and oxygen atoms in total. The summed E-state index contributed by atoms with van der Waals surface area (Å²) in [5.41, 5.74) is -0.979. The molecule has 2 aromatic rings. The summed E-state index contributed by atoms with van der Waals surface area (Å²) in [5.74, 6) is -0.380. The van der Waals surface area contributed by atoms with Crippen molar-refractivity contribution < 1.29 is 9.90 Å². The van der Waals surface area contributed by atoms with Gasteiger partial charge in [-0.1, -0.05) is 43.2 Å². The van der Waals surface area contributed by atoms with Crippen molar-refractivity contribution in [2.75, 3.05) is 6.54 Å². The number of carbonyl (C=O) groups excluding carboxylic acids is 1. The molecule has 1 amide bonds. The molecule has 7 heteroatoms. The van der Waals surface area contributed by atoms with Crippen LogP contribution < -0.4 is 11.2 Å². The fourth-order valence-electron chi connectivity index (χ4n) is 5.11. The molecule has 0 radical (unpaired) electrons. The molecule has 1 saturated carbocycles. The van der Waals surface area contributed by atoms with Crippen LogP contribution in [0.5, 0.6) is 0 Å². The molecular weight excluding hydrogens is 370 g/mol. The summed E-state index contributed by atoms with van der Waals surface area (Å²) in [6.45, 7) is 0.384. The molecule has 1 aliphatic carbocycles. The fraction of sp³-hybridized carbons (Fsp3) is 0.500. The van der Waals surface area contributed by atoms with Gasteiger partial charge in [0.1, 0.15) is 5.69 Å². The van der Waals surface area contributed by atoms with E-state index in [0.717, 1.165) is 35.8 Å². The Kier molecular flexibility index (Phi) is 4.94. The quantitative estimate of drug-likeness (QED) is 0.830. The van der Waals surface area contributed by atoms with Crippen molar-refractivity contribution in [1.82, 2.24) is 14.0 Å². The van der Waals surface area contributed by atoms with Gasteiger partial charge in [0.05, 0.1) is 5.60 Å². The maximum Gasteiger partial charge on any atom is 0.331 e. The predicted molar refractivity (Wildman–Crippen MR) is 109 cm³/mol. The first-order chi connectivity index (χ1) is 13.8. The Morgan fingerprint density at radius 2 is 1.76 bits per heavy atom. The highest BCUT2D eigenvalue weighted by atomic mass is 16.3. The van der Waals surface area contributed by atoms with Crippen LogP contribution in [-0.2, 0) is 19.7 Å². The van der Waals surface area contributed by atoms with Crippen molar-refractivity contribution in [3.8, 4) is 0 Å².